The van der Waals surface area contributed by atoms with Gasteiger partial charge in [-0.3, -0.25) is 4.79 Å². The first kappa shape index (κ1) is 22.6. The molecule has 0 saturated carbocycles. The van der Waals surface area contributed by atoms with Gasteiger partial charge in [0.2, 0.25) is 0 Å². The average Bonchev–Trinajstić information content (AvgIpc) is 3.21. The predicted molar refractivity (Wildman–Crippen MR) is 110 cm³/mol. The third kappa shape index (κ3) is 6.70. The molecule has 31 heavy (non-hydrogen) atoms. The summed E-state index contributed by atoms with van der Waals surface area (Å²) in [5.74, 6) is -0.289. The number of benzene rings is 2. The van der Waals surface area contributed by atoms with E-state index in [-0.39, 0.29) is 18.8 Å². The van der Waals surface area contributed by atoms with Crippen molar-refractivity contribution in [2.24, 2.45) is 0 Å². The van der Waals surface area contributed by atoms with E-state index < -0.39 is 18.6 Å². The highest BCUT2D eigenvalue weighted by Crippen LogP contribution is 2.22. The number of nitriles is 1. The number of amides is 1. The lowest BCUT2D eigenvalue weighted by molar-refractivity contribution is -0.141. The van der Waals surface area contributed by atoms with E-state index in [1.807, 2.05) is 6.07 Å². The van der Waals surface area contributed by atoms with Crippen LogP contribution in [0.25, 0.3) is 0 Å². The molecule has 0 aliphatic carbocycles. The van der Waals surface area contributed by atoms with Crippen LogP contribution in [0.3, 0.4) is 0 Å². The minimum Gasteiger partial charge on any atom is -0.486 e. The van der Waals surface area contributed by atoms with Crippen LogP contribution in [0.2, 0.25) is 5.02 Å². The summed E-state index contributed by atoms with van der Waals surface area (Å²) in [6.07, 6.45) is -4.57. The van der Waals surface area contributed by atoms with Gasteiger partial charge >= 0.3 is 6.18 Å². The SMILES string of the molecule is N#Cc1ccc(CN(CC(F)(F)F)C(=O)c2csc(COc3ccc(Cl)cc3)n2)cc1. The van der Waals surface area contributed by atoms with Crippen molar-refractivity contribution in [2.45, 2.75) is 19.3 Å². The van der Waals surface area contributed by atoms with Gasteiger partial charge in [0.25, 0.3) is 5.91 Å². The second-order valence-corrected chi connectivity index (χ2v) is 7.83. The molecular weight excluding hydrogens is 451 g/mol. The first-order valence-electron chi connectivity index (χ1n) is 8.91. The van der Waals surface area contributed by atoms with Gasteiger partial charge in [0.15, 0.2) is 0 Å². The molecule has 1 amide bonds. The predicted octanol–water partition coefficient (Wildman–Crippen LogP) is 5.45. The number of nitrogens with zero attached hydrogens (tertiary/aromatic N) is 3. The van der Waals surface area contributed by atoms with Gasteiger partial charge in [0.05, 0.1) is 11.6 Å². The number of aromatic nitrogens is 1. The number of thiazole rings is 1. The van der Waals surface area contributed by atoms with Gasteiger partial charge in [-0.1, -0.05) is 23.7 Å². The highest BCUT2D eigenvalue weighted by atomic mass is 35.5. The molecule has 0 N–H and O–H groups in total. The van der Waals surface area contributed by atoms with Crippen LogP contribution >= 0.6 is 22.9 Å². The summed E-state index contributed by atoms with van der Waals surface area (Å²) < 4.78 is 44.7. The molecule has 1 heterocycles. The van der Waals surface area contributed by atoms with Crippen LogP contribution in [0.5, 0.6) is 5.75 Å². The van der Waals surface area contributed by atoms with Crippen LogP contribution in [0, 0.1) is 11.3 Å². The average molecular weight is 466 g/mol. The lowest BCUT2D eigenvalue weighted by Gasteiger charge is -2.23. The van der Waals surface area contributed by atoms with E-state index in [2.05, 4.69) is 4.98 Å². The third-order valence-corrected chi connectivity index (χ3v) is 5.13. The van der Waals surface area contributed by atoms with E-state index in [9.17, 15) is 18.0 Å². The fourth-order valence-corrected chi connectivity index (χ4v) is 3.44. The van der Waals surface area contributed by atoms with Crippen molar-refractivity contribution in [3.05, 3.63) is 80.8 Å². The van der Waals surface area contributed by atoms with Crippen LogP contribution in [0.15, 0.2) is 53.9 Å². The fraction of sp³-hybridized carbons (Fsp3) is 0.190. The van der Waals surface area contributed by atoms with Crippen molar-refractivity contribution in [3.8, 4) is 11.8 Å². The summed E-state index contributed by atoms with van der Waals surface area (Å²) in [6, 6.07) is 14.6. The van der Waals surface area contributed by atoms with Crippen LogP contribution in [-0.4, -0.2) is 28.5 Å². The van der Waals surface area contributed by atoms with Crippen molar-refractivity contribution in [2.75, 3.05) is 6.54 Å². The Kier molecular flexibility index (Phi) is 7.15. The monoisotopic (exact) mass is 465 g/mol. The summed E-state index contributed by atoms with van der Waals surface area (Å²) >= 11 is 6.93. The second-order valence-electron chi connectivity index (χ2n) is 6.45. The molecule has 0 aliphatic heterocycles. The van der Waals surface area contributed by atoms with Crippen molar-refractivity contribution in [3.63, 3.8) is 0 Å². The molecule has 160 valence electrons. The van der Waals surface area contributed by atoms with E-state index in [4.69, 9.17) is 21.6 Å². The molecule has 0 aliphatic rings. The van der Waals surface area contributed by atoms with Crippen LogP contribution < -0.4 is 4.74 Å². The smallest absolute Gasteiger partial charge is 0.406 e. The quantitative estimate of drug-likeness (QED) is 0.465. The zero-order chi connectivity index (χ0) is 22.4. The van der Waals surface area contributed by atoms with Gasteiger partial charge in [0, 0.05) is 16.9 Å². The Labute approximate surface area is 185 Å². The number of hydrogen-bond acceptors (Lipinski definition) is 5. The molecule has 0 fully saturated rings. The maximum absolute atomic E-state index is 13.1. The molecule has 0 radical (unpaired) electrons. The Balaban J connectivity index is 1.71. The van der Waals surface area contributed by atoms with Gasteiger partial charge in [-0.2, -0.15) is 18.4 Å². The van der Waals surface area contributed by atoms with Crippen LogP contribution in [0.4, 0.5) is 13.2 Å². The number of ether oxygens (including phenoxy) is 1. The minimum absolute atomic E-state index is 0.0640. The van der Waals surface area contributed by atoms with E-state index in [1.165, 1.54) is 29.6 Å². The van der Waals surface area contributed by atoms with E-state index in [0.717, 1.165) is 11.3 Å². The van der Waals surface area contributed by atoms with Gasteiger partial charge in [-0.05, 0) is 42.0 Å². The summed E-state index contributed by atoms with van der Waals surface area (Å²) in [6.45, 7) is -1.62. The highest BCUT2D eigenvalue weighted by Gasteiger charge is 2.34. The number of alkyl halides is 3. The summed E-state index contributed by atoms with van der Waals surface area (Å²) in [5, 5.41) is 11.3. The number of hydrogen-bond donors (Lipinski definition) is 0. The maximum atomic E-state index is 13.1. The number of carbonyl (C=O) groups is 1. The molecule has 1 aromatic heterocycles. The topological polar surface area (TPSA) is 66.2 Å². The highest BCUT2D eigenvalue weighted by molar-refractivity contribution is 7.09. The van der Waals surface area contributed by atoms with E-state index in [1.54, 1.807) is 24.3 Å². The van der Waals surface area contributed by atoms with Crippen LogP contribution in [0.1, 0.15) is 26.6 Å². The third-order valence-electron chi connectivity index (χ3n) is 4.06. The largest absolute Gasteiger partial charge is 0.486 e. The van der Waals surface area contributed by atoms with Gasteiger partial charge in [0.1, 0.15) is 29.6 Å². The molecule has 0 bridgehead atoms. The number of carbonyl (C=O) groups excluding carboxylic acids is 1. The van der Waals surface area contributed by atoms with E-state index >= 15 is 0 Å². The molecular formula is C21H15ClF3N3O2S. The van der Waals surface area contributed by atoms with Crippen molar-refractivity contribution in [1.29, 1.82) is 5.26 Å². The Bertz CT molecular complexity index is 1080. The Morgan fingerprint density at radius 3 is 2.45 bits per heavy atom. The Morgan fingerprint density at radius 1 is 1.16 bits per heavy atom. The van der Waals surface area contributed by atoms with Crippen LogP contribution in [-0.2, 0) is 13.2 Å². The fourth-order valence-electron chi connectivity index (χ4n) is 2.63. The van der Waals surface area contributed by atoms with Crippen molar-refractivity contribution in [1.82, 2.24) is 9.88 Å². The zero-order valence-electron chi connectivity index (χ0n) is 15.9. The lowest BCUT2D eigenvalue weighted by atomic mass is 10.1. The molecule has 3 aromatic rings. The molecule has 0 spiro atoms. The standard InChI is InChI=1S/C21H15ClF3N3O2S/c22-16-5-7-17(8-6-16)30-11-19-27-18(12-31-19)20(29)28(13-21(23,24)25)10-15-3-1-14(9-26)2-4-15/h1-8,12H,10-11,13H2. The molecule has 2 aromatic carbocycles. The summed E-state index contributed by atoms with van der Waals surface area (Å²) in [5.41, 5.74) is 0.762. The molecule has 10 heteroatoms. The maximum Gasteiger partial charge on any atom is 0.406 e. The van der Waals surface area contributed by atoms with Crippen molar-refractivity contribution >= 4 is 28.8 Å². The Morgan fingerprint density at radius 2 is 1.84 bits per heavy atom. The molecule has 0 unspecified atom stereocenters. The summed E-state index contributed by atoms with van der Waals surface area (Å²) in [4.78, 5) is 17.5. The first-order valence-corrected chi connectivity index (χ1v) is 10.2. The number of rotatable bonds is 7. The molecule has 3 rings (SSSR count). The van der Waals surface area contributed by atoms with E-state index in [0.29, 0.717) is 31.8 Å². The van der Waals surface area contributed by atoms with Gasteiger partial charge in [-0.25, -0.2) is 4.98 Å². The van der Waals surface area contributed by atoms with Crippen molar-refractivity contribution < 1.29 is 22.7 Å². The lowest BCUT2D eigenvalue weighted by Crippen LogP contribution is -2.38. The zero-order valence-corrected chi connectivity index (χ0v) is 17.5. The minimum atomic E-state index is -4.57. The Hall–Kier alpha value is -3.09. The second kappa shape index (κ2) is 9.81. The number of halogens is 4. The molecule has 0 saturated heterocycles. The van der Waals surface area contributed by atoms with Gasteiger partial charge < -0.3 is 9.64 Å². The summed E-state index contributed by atoms with van der Waals surface area (Å²) in [7, 11) is 0. The first-order chi connectivity index (χ1) is 14.7. The normalized spacial score (nSPS) is 11.1. The molecule has 5 nitrogen and oxygen atoms in total. The molecule has 0 atom stereocenters. The van der Waals surface area contributed by atoms with Gasteiger partial charge in [-0.15, -0.1) is 11.3 Å².